The van der Waals surface area contributed by atoms with Gasteiger partial charge in [0.1, 0.15) is 0 Å². The van der Waals surface area contributed by atoms with Crippen molar-refractivity contribution < 1.29 is 13.2 Å². The Morgan fingerprint density at radius 2 is 1.94 bits per heavy atom. The van der Waals surface area contributed by atoms with Gasteiger partial charge in [0, 0.05) is 11.4 Å². The molecule has 1 aliphatic rings. The predicted molar refractivity (Wildman–Crippen MR) is 63.1 cm³/mol. The minimum absolute atomic E-state index is 0.152. The maximum atomic E-state index is 12.8. The van der Waals surface area contributed by atoms with Crippen molar-refractivity contribution in [2.75, 3.05) is 7.05 Å². The van der Waals surface area contributed by atoms with Crippen molar-refractivity contribution >= 4 is 11.3 Å². The highest BCUT2D eigenvalue weighted by molar-refractivity contribution is 7.08. The number of nitrogens with one attached hydrogen (secondary N) is 1. The van der Waals surface area contributed by atoms with E-state index in [1.807, 2.05) is 0 Å². The van der Waals surface area contributed by atoms with Crippen LogP contribution in [0.1, 0.15) is 42.9 Å². The Morgan fingerprint density at radius 1 is 1.29 bits per heavy atom. The molecule has 17 heavy (non-hydrogen) atoms. The Labute approximate surface area is 103 Å². The van der Waals surface area contributed by atoms with Crippen LogP contribution in [0.3, 0.4) is 0 Å². The second kappa shape index (κ2) is 4.98. The number of halogens is 3. The first kappa shape index (κ1) is 12.9. The smallest absolute Gasteiger partial charge is 0.313 e. The van der Waals surface area contributed by atoms with E-state index in [4.69, 9.17) is 0 Å². The zero-order valence-corrected chi connectivity index (χ0v) is 10.5. The average molecular weight is 263 g/mol. The van der Waals surface area contributed by atoms with Crippen LogP contribution < -0.4 is 5.32 Å². The summed E-state index contributed by atoms with van der Waals surface area (Å²) in [5.41, 5.74) is -0.0364. The third-order valence-electron chi connectivity index (χ3n) is 3.51. The average Bonchev–Trinajstić information content (AvgIpc) is 2.87. The van der Waals surface area contributed by atoms with Gasteiger partial charge >= 0.3 is 6.18 Å². The molecule has 1 N–H and O–H groups in total. The first-order chi connectivity index (χ1) is 8.04. The van der Waals surface area contributed by atoms with Crippen LogP contribution in [0.25, 0.3) is 0 Å². The second-order valence-electron chi connectivity index (χ2n) is 4.55. The molecular weight excluding hydrogens is 247 g/mol. The van der Waals surface area contributed by atoms with Crippen LogP contribution in [0.2, 0.25) is 0 Å². The first-order valence-electron chi connectivity index (χ1n) is 5.84. The summed E-state index contributed by atoms with van der Waals surface area (Å²) in [6, 6.07) is -0.152. The minimum atomic E-state index is -4.23. The largest absolute Gasteiger partial charge is 0.417 e. The van der Waals surface area contributed by atoms with Gasteiger partial charge in [-0.05, 0) is 36.8 Å². The Hall–Kier alpha value is -0.550. The first-order valence-corrected chi connectivity index (χ1v) is 6.79. The molecule has 0 radical (unpaired) electrons. The van der Waals surface area contributed by atoms with Crippen molar-refractivity contribution in [1.29, 1.82) is 0 Å². The molecule has 1 atom stereocenters. The number of hydrogen-bond acceptors (Lipinski definition) is 2. The van der Waals surface area contributed by atoms with E-state index >= 15 is 0 Å². The van der Waals surface area contributed by atoms with Gasteiger partial charge in [0.05, 0.1) is 5.56 Å². The van der Waals surface area contributed by atoms with Gasteiger partial charge in [-0.1, -0.05) is 12.8 Å². The highest BCUT2D eigenvalue weighted by Gasteiger charge is 2.37. The van der Waals surface area contributed by atoms with Gasteiger partial charge in [-0.2, -0.15) is 24.5 Å². The number of thiophene rings is 1. The fourth-order valence-electron chi connectivity index (χ4n) is 2.71. The van der Waals surface area contributed by atoms with E-state index in [0.29, 0.717) is 11.5 Å². The summed E-state index contributed by atoms with van der Waals surface area (Å²) in [5.74, 6) is 0.343. The normalized spacial score (nSPS) is 19.8. The van der Waals surface area contributed by atoms with Crippen LogP contribution in [0.5, 0.6) is 0 Å². The Balaban J connectivity index is 2.27. The van der Waals surface area contributed by atoms with Crippen molar-refractivity contribution in [2.24, 2.45) is 5.92 Å². The minimum Gasteiger partial charge on any atom is -0.313 e. The molecule has 1 fully saturated rings. The molecule has 0 aliphatic heterocycles. The molecule has 0 saturated heterocycles. The van der Waals surface area contributed by atoms with Crippen molar-refractivity contribution in [3.8, 4) is 0 Å². The fourth-order valence-corrected chi connectivity index (χ4v) is 3.61. The second-order valence-corrected chi connectivity index (χ2v) is 5.29. The lowest BCUT2D eigenvalue weighted by Crippen LogP contribution is -2.25. The number of hydrogen-bond donors (Lipinski definition) is 1. The Morgan fingerprint density at radius 3 is 2.47 bits per heavy atom. The zero-order valence-electron chi connectivity index (χ0n) is 9.68. The third kappa shape index (κ3) is 2.65. The number of alkyl halides is 3. The fraction of sp³-hybridized carbons (Fsp3) is 0.667. The van der Waals surface area contributed by atoms with E-state index in [0.717, 1.165) is 37.0 Å². The van der Waals surface area contributed by atoms with Crippen LogP contribution in [0, 0.1) is 5.92 Å². The van der Waals surface area contributed by atoms with Gasteiger partial charge in [-0.15, -0.1) is 0 Å². The van der Waals surface area contributed by atoms with E-state index in [-0.39, 0.29) is 6.04 Å². The molecular formula is C12H16F3NS. The molecule has 0 amide bonds. The maximum absolute atomic E-state index is 12.8. The van der Waals surface area contributed by atoms with E-state index in [9.17, 15) is 13.2 Å². The maximum Gasteiger partial charge on any atom is 0.417 e. The summed E-state index contributed by atoms with van der Waals surface area (Å²) in [6.07, 6.45) is 0.0863. The van der Waals surface area contributed by atoms with Crippen molar-refractivity contribution in [1.82, 2.24) is 5.32 Å². The highest BCUT2D eigenvalue weighted by Crippen LogP contribution is 2.42. The molecule has 5 heteroatoms. The summed E-state index contributed by atoms with van der Waals surface area (Å²) < 4.78 is 38.5. The molecule has 0 bridgehead atoms. The van der Waals surface area contributed by atoms with Crippen LogP contribution in [0.4, 0.5) is 13.2 Å². The molecule has 2 rings (SSSR count). The van der Waals surface area contributed by atoms with Gasteiger partial charge in [0.15, 0.2) is 0 Å². The lowest BCUT2D eigenvalue weighted by atomic mass is 9.91. The van der Waals surface area contributed by atoms with Gasteiger partial charge in [0.25, 0.3) is 0 Å². The third-order valence-corrected chi connectivity index (χ3v) is 4.28. The topological polar surface area (TPSA) is 12.0 Å². The predicted octanol–water partition coefficient (Wildman–Crippen LogP) is 4.22. The molecule has 0 aromatic carbocycles. The molecule has 1 aliphatic carbocycles. The highest BCUT2D eigenvalue weighted by atomic mass is 32.1. The monoisotopic (exact) mass is 263 g/mol. The summed E-state index contributed by atoms with van der Waals surface area (Å²) in [7, 11) is 1.75. The standard InChI is InChI=1S/C12H16F3NS/c1-16-11(8-4-2-3-5-8)9-6-17-7-10(9)12(13,14)15/h6-8,11,16H,2-5H2,1H3. The van der Waals surface area contributed by atoms with E-state index < -0.39 is 11.7 Å². The molecule has 1 aromatic rings. The Kier molecular flexibility index (Phi) is 3.78. The zero-order chi connectivity index (χ0) is 12.5. The summed E-state index contributed by atoms with van der Waals surface area (Å²) in [6.45, 7) is 0. The van der Waals surface area contributed by atoms with Crippen LogP contribution >= 0.6 is 11.3 Å². The van der Waals surface area contributed by atoms with Gasteiger partial charge in [-0.25, -0.2) is 0 Å². The van der Waals surface area contributed by atoms with Crippen molar-refractivity contribution in [3.63, 3.8) is 0 Å². The lowest BCUT2D eigenvalue weighted by Gasteiger charge is -2.24. The van der Waals surface area contributed by atoms with Gasteiger partial charge < -0.3 is 5.32 Å². The van der Waals surface area contributed by atoms with Crippen molar-refractivity contribution in [3.05, 3.63) is 21.9 Å². The Bertz CT molecular complexity index is 366. The molecule has 0 spiro atoms. The van der Waals surface area contributed by atoms with Gasteiger partial charge in [0.2, 0.25) is 0 Å². The quantitative estimate of drug-likeness (QED) is 0.861. The lowest BCUT2D eigenvalue weighted by molar-refractivity contribution is -0.138. The van der Waals surface area contributed by atoms with Crippen LogP contribution in [-0.2, 0) is 6.18 Å². The van der Waals surface area contributed by atoms with Gasteiger partial charge in [-0.3, -0.25) is 0 Å². The molecule has 1 unspecified atom stereocenters. The molecule has 96 valence electrons. The summed E-state index contributed by atoms with van der Waals surface area (Å²) in [5, 5.41) is 5.92. The van der Waals surface area contributed by atoms with E-state index in [1.54, 1.807) is 12.4 Å². The summed E-state index contributed by atoms with van der Waals surface area (Å²) >= 11 is 1.14. The van der Waals surface area contributed by atoms with E-state index in [1.165, 1.54) is 5.38 Å². The van der Waals surface area contributed by atoms with E-state index in [2.05, 4.69) is 5.32 Å². The SMILES string of the molecule is CNC(c1cscc1C(F)(F)F)C1CCCC1. The van der Waals surface area contributed by atoms with Crippen LogP contribution in [-0.4, -0.2) is 7.05 Å². The molecule has 1 heterocycles. The molecule has 1 saturated carbocycles. The van der Waals surface area contributed by atoms with Crippen LogP contribution in [0.15, 0.2) is 10.8 Å². The molecule has 1 nitrogen and oxygen atoms in total. The number of rotatable bonds is 3. The van der Waals surface area contributed by atoms with Crippen molar-refractivity contribution in [2.45, 2.75) is 37.9 Å². The summed E-state index contributed by atoms with van der Waals surface area (Å²) in [4.78, 5) is 0. The molecule has 1 aromatic heterocycles.